The van der Waals surface area contributed by atoms with Gasteiger partial charge >= 0.3 is 0 Å². The van der Waals surface area contributed by atoms with Gasteiger partial charge in [-0.05, 0) is 12.0 Å². The summed E-state index contributed by atoms with van der Waals surface area (Å²) in [4.78, 5) is 0.285. The summed E-state index contributed by atoms with van der Waals surface area (Å²) in [6, 6.07) is 6.83. The van der Waals surface area contributed by atoms with Crippen molar-refractivity contribution >= 4 is 27.2 Å². The topological polar surface area (TPSA) is 83.6 Å². The Hall–Kier alpha value is -1.02. The quantitative estimate of drug-likeness (QED) is 0.695. The lowest BCUT2D eigenvalue weighted by molar-refractivity contribution is 0.253. The Morgan fingerprint density at radius 2 is 1.90 bits per heavy atom. The van der Waals surface area contributed by atoms with Gasteiger partial charge in [0.05, 0.1) is 12.4 Å². The van der Waals surface area contributed by atoms with Gasteiger partial charge in [0.25, 0.3) is 0 Å². The van der Waals surface area contributed by atoms with Crippen LogP contribution < -0.4 is 5.73 Å². The zero-order valence-electron chi connectivity index (χ0n) is 11.4. The van der Waals surface area contributed by atoms with Crippen LogP contribution in [0.15, 0.2) is 24.3 Å². The van der Waals surface area contributed by atoms with E-state index in [2.05, 4.69) is 0 Å². The van der Waals surface area contributed by atoms with Crippen LogP contribution in [0.5, 0.6) is 0 Å². The minimum absolute atomic E-state index is 0.0926. The van der Waals surface area contributed by atoms with E-state index >= 15 is 0 Å². The largest absolute Gasteiger partial charge is 0.395 e. The third-order valence-electron chi connectivity index (χ3n) is 2.80. The number of aliphatic hydroxyl groups excluding tert-OH is 1. The van der Waals surface area contributed by atoms with Crippen LogP contribution in [0.25, 0.3) is 0 Å². The molecular formula is C13H20N2O3S2. The lowest BCUT2D eigenvalue weighted by Crippen LogP contribution is -2.35. The fraction of sp³-hybridized carbons (Fsp3) is 0.462. The molecule has 0 saturated carbocycles. The first-order valence-corrected chi connectivity index (χ1v) is 8.40. The van der Waals surface area contributed by atoms with Gasteiger partial charge in [0.2, 0.25) is 10.0 Å². The van der Waals surface area contributed by atoms with Gasteiger partial charge in [-0.15, -0.1) is 0 Å². The van der Waals surface area contributed by atoms with Crippen molar-refractivity contribution in [3.05, 3.63) is 35.4 Å². The highest BCUT2D eigenvalue weighted by atomic mass is 32.2. The van der Waals surface area contributed by atoms with Gasteiger partial charge in [-0.1, -0.05) is 43.4 Å². The number of benzene rings is 1. The average Bonchev–Trinajstić information content (AvgIpc) is 2.38. The van der Waals surface area contributed by atoms with E-state index < -0.39 is 10.0 Å². The average molecular weight is 316 g/mol. The molecule has 0 aliphatic carbocycles. The maximum absolute atomic E-state index is 12.3. The molecule has 1 aromatic carbocycles. The molecule has 7 heteroatoms. The normalized spacial score (nSPS) is 11.8. The van der Waals surface area contributed by atoms with Crippen molar-refractivity contribution in [3.8, 4) is 0 Å². The first-order chi connectivity index (χ1) is 9.40. The maximum Gasteiger partial charge on any atom is 0.218 e. The van der Waals surface area contributed by atoms with Gasteiger partial charge in [0, 0.05) is 18.7 Å². The van der Waals surface area contributed by atoms with Crippen LogP contribution in [0.3, 0.4) is 0 Å². The minimum atomic E-state index is -3.42. The van der Waals surface area contributed by atoms with Crippen LogP contribution in [0.1, 0.15) is 24.5 Å². The van der Waals surface area contributed by atoms with Crippen LogP contribution >= 0.6 is 12.2 Å². The van der Waals surface area contributed by atoms with E-state index in [4.69, 9.17) is 23.1 Å². The number of sulfonamides is 1. The zero-order chi connectivity index (χ0) is 15.2. The first kappa shape index (κ1) is 17.0. The second kappa shape index (κ2) is 7.68. The van der Waals surface area contributed by atoms with Crippen LogP contribution in [0.2, 0.25) is 0 Å². The molecule has 0 fully saturated rings. The van der Waals surface area contributed by atoms with E-state index in [9.17, 15) is 8.42 Å². The summed E-state index contributed by atoms with van der Waals surface area (Å²) in [5, 5.41) is 8.96. The number of hydrogen-bond donors (Lipinski definition) is 2. The van der Waals surface area contributed by atoms with E-state index in [0.717, 1.165) is 0 Å². The van der Waals surface area contributed by atoms with Crippen molar-refractivity contribution in [1.82, 2.24) is 4.31 Å². The molecule has 112 valence electrons. The summed E-state index contributed by atoms with van der Waals surface area (Å²) in [6.45, 7) is 2.26. The Bertz CT molecular complexity index is 535. The van der Waals surface area contributed by atoms with E-state index in [1.807, 2.05) is 6.92 Å². The molecule has 1 aromatic rings. The van der Waals surface area contributed by atoms with Crippen LogP contribution in [-0.2, 0) is 15.8 Å². The van der Waals surface area contributed by atoms with Crippen molar-refractivity contribution in [1.29, 1.82) is 0 Å². The SMILES string of the molecule is CCCN(CCO)S(=O)(=O)Cc1ccc(C(N)=S)cc1. The van der Waals surface area contributed by atoms with Gasteiger partial charge in [0.15, 0.2) is 0 Å². The summed E-state index contributed by atoms with van der Waals surface area (Å²) < 4.78 is 25.8. The fourth-order valence-electron chi connectivity index (χ4n) is 1.82. The smallest absolute Gasteiger partial charge is 0.218 e. The lowest BCUT2D eigenvalue weighted by Gasteiger charge is -2.20. The van der Waals surface area contributed by atoms with Gasteiger partial charge in [-0.3, -0.25) is 0 Å². The summed E-state index contributed by atoms with van der Waals surface area (Å²) in [5.41, 5.74) is 6.88. The van der Waals surface area contributed by atoms with Gasteiger partial charge in [-0.25, -0.2) is 8.42 Å². The molecule has 0 spiro atoms. The summed E-state index contributed by atoms with van der Waals surface area (Å²) in [7, 11) is -3.42. The Morgan fingerprint density at radius 3 is 2.35 bits per heavy atom. The molecule has 0 bridgehead atoms. The van der Waals surface area contributed by atoms with E-state index in [-0.39, 0.29) is 23.9 Å². The third-order valence-corrected chi connectivity index (χ3v) is 4.89. The predicted molar refractivity (Wildman–Crippen MR) is 83.9 cm³/mol. The van der Waals surface area contributed by atoms with Gasteiger partial charge < -0.3 is 10.8 Å². The van der Waals surface area contributed by atoms with Gasteiger partial charge in [0.1, 0.15) is 4.99 Å². The number of nitrogens with two attached hydrogens (primary N) is 1. The Balaban J connectivity index is 2.86. The van der Waals surface area contributed by atoms with E-state index in [1.165, 1.54) is 4.31 Å². The molecule has 20 heavy (non-hydrogen) atoms. The van der Waals surface area contributed by atoms with Crippen LogP contribution in [0, 0.1) is 0 Å². The lowest BCUT2D eigenvalue weighted by atomic mass is 10.1. The van der Waals surface area contributed by atoms with Crippen molar-refractivity contribution < 1.29 is 13.5 Å². The Morgan fingerprint density at radius 1 is 1.30 bits per heavy atom. The highest BCUT2D eigenvalue weighted by molar-refractivity contribution is 7.88. The van der Waals surface area contributed by atoms with Crippen LogP contribution in [-0.4, -0.2) is 42.5 Å². The molecule has 0 heterocycles. The summed E-state index contributed by atoms with van der Waals surface area (Å²) in [5.74, 6) is -0.0926. The molecule has 0 aliphatic rings. The van der Waals surface area contributed by atoms with Crippen molar-refractivity contribution in [2.24, 2.45) is 5.73 Å². The molecule has 0 atom stereocenters. The van der Waals surface area contributed by atoms with Crippen molar-refractivity contribution in [2.45, 2.75) is 19.1 Å². The fourth-order valence-corrected chi connectivity index (χ4v) is 3.57. The molecule has 1 rings (SSSR count). The molecule has 0 aromatic heterocycles. The molecule has 0 amide bonds. The standard InChI is InChI=1S/C13H20N2O3S2/c1-2-7-15(8-9-16)20(17,18)10-11-3-5-12(6-4-11)13(14)19/h3-6,16H,2,7-10H2,1H3,(H2,14,19). The van der Waals surface area contributed by atoms with Crippen LogP contribution in [0.4, 0.5) is 0 Å². The number of hydrogen-bond acceptors (Lipinski definition) is 4. The molecule has 5 nitrogen and oxygen atoms in total. The first-order valence-electron chi connectivity index (χ1n) is 6.38. The number of aliphatic hydroxyl groups is 1. The molecule has 0 unspecified atom stereocenters. The second-order valence-electron chi connectivity index (χ2n) is 4.44. The third kappa shape index (κ3) is 4.82. The number of nitrogens with zero attached hydrogens (tertiary/aromatic N) is 1. The Kier molecular flexibility index (Phi) is 6.54. The second-order valence-corrected chi connectivity index (χ2v) is 6.85. The van der Waals surface area contributed by atoms with E-state index in [0.29, 0.717) is 24.1 Å². The minimum Gasteiger partial charge on any atom is -0.395 e. The number of rotatable bonds is 8. The number of thiocarbonyl (C=S) groups is 1. The maximum atomic E-state index is 12.3. The Labute approximate surface area is 125 Å². The molecule has 0 radical (unpaired) electrons. The summed E-state index contributed by atoms with van der Waals surface area (Å²) in [6.07, 6.45) is 0.708. The molecule has 3 N–H and O–H groups in total. The highest BCUT2D eigenvalue weighted by Crippen LogP contribution is 2.12. The summed E-state index contributed by atoms with van der Waals surface area (Å²) >= 11 is 4.85. The molecular weight excluding hydrogens is 296 g/mol. The van der Waals surface area contributed by atoms with Crippen molar-refractivity contribution in [2.75, 3.05) is 19.7 Å². The van der Waals surface area contributed by atoms with E-state index in [1.54, 1.807) is 24.3 Å². The molecule has 0 aliphatic heterocycles. The van der Waals surface area contributed by atoms with Gasteiger partial charge in [-0.2, -0.15) is 4.31 Å². The van der Waals surface area contributed by atoms with Crippen molar-refractivity contribution in [3.63, 3.8) is 0 Å². The monoisotopic (exact) mass is 316 g/mol. The highest BCUT2D eigenvalue weighted by Gasteiger charge is 2.21. The zero-order valence-corrected chi connectivity index (χ0v) is 13.1. The predicted octanol–water partition coefficient (Wildman–Crippen LogP) is 0.855. The molecule has 0 saturated heterocycles.